The molecule has 0 aliphatic heterocycles. The molecule has 0 aliphatic carbocycles. The Morgan fingerprint density at radius 1 is 1.41 bits per heavy atom. The highest BCUT2D eigenvalue weighted by Crippen LogP contribution is 2.17. The molecule has 0 saturated carbocycles. The maximum absolute atomic E-state index is 9.07. The number of anilines is 1. The standard InChI is InChI=1S/C13H16N2O2/c1-2-15(9-13-4-3-7-17-13)12-5-6-14-11(8-12)10-16/h3-8,16H,2,9-10H2,1H3. The van der Waals surface area contributed by atoms with Crippen molar-refractivity contribution in [2.75, 3.05) is 11.4 Å². The van der Waals surface area contributed by atoms with E-state index in [0.717, 1.165) is 24.5 Å². The van der Waals surface area contributed by atoms with E-state index in [1.54, 1.807) is 12.5 Å². The lowest BCUT2D eigenvalue weighted by molar-refractivity contribution is 0.277. The van der Waals surface area contributed by atoms with E-state index in [2.05, 4.69) is 16.8 Å². The third kappa shape index (κ3) is 2.85. The van der Waals surface area contributed by atoms with Gasteiger partial charge in [0, 0.05) is 18.4 Å². The number of hydrogen-bond acceptors (Lipinski definition) is 4. The number of rotatable bonds is 5. The lowest BCUT2D eigenvalue weighted by Gasteiger charge is -2.22. The van der Waals surface area contributed by atoms with Crippen LogP contribution in [0.3, 0.4) is 0 Å². The van der Waals surface area contributed by atoms with Crippen LogP contribution in [-0.2, 0) is 13.2 Å². The van der Waals surface area contributed by atoms with Gasteiger partial charge in [-0.25, -0.2) is 0 Å². The zero-order chi connectivity index (χ0) is 12.1. The molecule has 0 radical (unpaired) electrons. The Hall–Kier alpha value is -1.81. The quantitative estimate of drug-likeness (QED) is 0.858. The Bertz CT molecular complexity index is 454. The molecule has 17 heavy (non-hydrogen) atoms. The van der Waals surface area contributed by atoms with Gasteiger partial charge in [-0.1, -0.05) is 0 Å². The number of hydrogen-bond donors (Lipinski definition) is 1. The average molecular weight is 232 g/mol. The van der Waals surface area contributed by atoms with Crippen molar-refractivity contribution in [1.29, 1.82) is 0 Å². The third-order valence-electron chi connectivity index (χ3n) is 2.64. The molecule has 90 valence electrons. The van der Waals surface area contributed by atoms with Crippen LogP contribution in [0.5, 0.6) is 0 Å². The van der Waals surface area contributed by atoms with Crippen LogP contribution in [0.1, 0.15) is 18.4 Å². The SMILES string of the molecule is CCN(Cc1ccco1)c1ccnc(CO)c1. The fourth-order valence-electron chi connectivity index (χ4n) is 1.72. The minimum absolute atomic E-state index is 0.0356. The Morgan fingerprint density at radius 3 is 2.94 bits per heavy atom. The molecular weight excluding hydrogens is 216 g/mol. The van der Waals surface area contributed by atoms with Crippen molar-refractivity contribution in [3.05, 3.63) is 48.2 Å². The van der Waals surface area contributed by atoms with Gasteiger partial charge >= 0.3 is 0 Å². The summed E-state index contributed by atoms with van der Waals surface area (Å²) in [6.07, 6.45) is 3.39. The predicted octanol–water partition coefficient (Wildman–Crippen LogP) is 2.19. The Morgan fingerprint density at radius 2 is 2.29 bits per heavy atom. The van der Waals surface area contributed by atoms with Crippen LogP contribution in [0.15, 0.2) is 41.1 Å². The Labute approximate surface area is 101 Å². The summed E-state index contributed by atoms with van der Waals surface area (Å²) in [4.78, 5) is 6.24. The van der Waals surface area contributed by atoms with Gasteiger partial charge in [0.1, 0.15) is 5.76 Å². The smallest absolute Gasteiger partial charge is 0.123 e. The zero-order valence-electron chi connectivity index (χ0n) is 9.84. The number of nitrogens with zero attached hydrogens (tertiary/aromatic N) is 2. The summed E-state index contributed by atoms with van der Waals surface area (Å²) in [5, 5.41) is 9.07. The molecule has 0 aromatic carbocycles. The maximum atomic E-state index is 9.07. The van der Waals surface area contributed by atoms with Crippen molar-refractivity contribution in [3.63, 3.8) is 0 Å². The Balaban J connectivity index is 2.16. The first kappa shape index (κ1) is 11.7. The average Bonchev–Trinajstić information content (AvgIpc) is 2.89. The molecule has 0 amide bonds. The van der Waals surface area contributed by atoms with Crippen LogP contribution < -0.4 is 4.90 Å². The van der Waals surface area contributed by atoms with Crippen LogP contribution in [0, 0.1) is 0 Å². The van der Waals surface area contributed by atoms with E-state index in [1.165, 1.54) is 0 Å². The van der Waals surface area contributed by atoms with E-state index in [0.29, 0.717) is 5.69 Å². The van der Waals surface area contributed by atoms with Crippen molar-refractivity contribution in [1.82, 2.24) is 4.98 Å². The van der Waals surface area contributed by atoms with Crippen molar-refractivity contribution < 1.29 is 9.52 Å². The highest BCUT2D eigenvalue weighted by molar-refractivity contribution is 5.46. The zero-order valence-corrected chi connectivity index (χ0v) is 9.84. The first-order chi connectivity index (χ1) is 8.33. The van der Waals surface area contributed by atoms with Gasteiger partial charge in [-0.3, -0.25) is 4.98 Å². The fourth-order valence-corrected chi connectivity index (χ4v) is 1.72. The summed E-state index contributed by atoms with van der Waals surface area (Å²) in [6, 6.07) is 7.67. The normalized spacial score (nSPS) is 10.5. The minimum Gasteiger partial charge on any atom is -0.467 e. The molecule has 2 heterocycles. The molecule has 0 fully saturated rings. The second kappa shape index (κ2) is 5.50. The number of aliphatic hydroxyl groups excluding tert-OH is 1. The second-order valence-corrected chi connectivity index (χ2v) is 3.76. The van der Waals surface area contributed by atoms with E-state index < -0.39 is 0 Å². The highest BCUT2D eigenvalue weighted by atomic mass is 16.3. The largest absolute Gasteiger partial charge is 0.467 e. The lowest BCUT2D eigenvalue weighted by atomic mass is 10.2. The first-order valence-corrected chi connectivity index (χ1v) is 5.66. The van der Waals surface area contributed by atoms with Gasteiger partial charge in [0.2, 0.25) is 0 Å². The Kier molecular flexibility index (Phi) is 3.77. The lowest BCUT2D eigenvalue weighted by Crippen LogP contribution is -2.21. The molecular formula is C13H16N2O2. The number of pyridine rings is 1. The molecule has 0 aliphatic rings. The van der Waals surface area contributed by atoms with Crippen LogP contribution in [0.4, 0.5) is 5.69 Å². The van der Waals surface area contributed by atoms with Crippen molar-refractivity contribution >= 4 is 5.69 Å². The fraction of sp³-hybridized carbons (Fsp3) is 0.308. The summed E-state index contributed by atoms with van der Waals surface area (Å²) in [7, 11) is 0. The first-order valence-electron chi connectivity index (χ1n) is 5.66. The molecule has 0 spiro atoms. The van der Waals surface area contributed by atoms with E-state index in [9.17, 15) is 0 Å². The van der Waals surface area contributed by atoms with E-state index in [1.807, 2.05) is 24.3 Å². The minimum atomic E-state index is -0.0356. The second-order valence-electron chi connectivity index (χ2n) is 3.76. The van der Waals surface area contributed by atoms with Crippen molar-refractivity contribution in [2.24, 2.45) is 0 Å². The molecule has 1 N–H and O–H groups in total. The third-order valence-corrected chi connectivity index (χ3v) is 2.64. The molecule has 2 aromatic rings. The number of aromatic nitrogens is 1. The van der Waals surface area contributed by atoms with E-state index in [-0.39, 0.29) is 6.61 Å². The molecule has 4 heteroatoms. The van der Waals surface area contributed by atoms with Crippen LogP contribution in [0.2, 0.25) is 0 Å². The van der Waals surface area contributed by atoms with E-state index in [4.69, 9.17) is 9.52 Å². The molecule has 0 atom stereocenters. The van der Waals surface area contributed by atoms with Crippen LogP contribution in [0.25, 0.3) is 0 Å². The van der Waals surface area contributed by atoms with Gasteiger partial charge in [0.15, 0.2) is 0 Å². The van der Waals surface area contributed by atoms with Gasteiger partial charge in [0.05, 0.1) is 25.1 Å². The van der Waals surface area contributed by atoms with Gasteiger partial charge in [-0.2, -0.15) is 0 Å². The summed E-state index contributed by atoms with van der Waals surface area (Å²) in [5.41, 5.74) is 1.73. The van der Waals surface area contributed by atoms with Crippen molar-refractivity contribution in [2.45, 2.75) is 20.1 Å². The van der Waals surface area contributed by atoms with Crippen molar-refractivity contribution in [3.8, 4) is 0 Å². The summed E-state index contributed by atoms with van der Waals surface area (Å²) in [5.74, 6) is 0.925. The molecule has 0 saturated heterocycles. The summed E-state index contributed by atoms with van der Waals surface area (Å²) >= 11 is 0. The van der Waals surface area contributed by atoms with Crippen LogP contribution >= 0.6 is 0 Å². The predicted molar refractivity (Wildman–Crippen MR) is 65.6 cm³/mol. The van der Waals surface area contributed by atoms with Gasteiger partial charge in [-0.15, -0.1) is 0 Å². The molecule has 2 rings (SSSR count). The van der Waals surface area contributed by atoms with Crippen LogP contribution in [-0.4, -0.2) is 16.6 Å². The number of furan rings is 1. The van der Waals surface area contributed by atoms with E-state index >= 15 is 0 Å². The number of aliphatic hydroxyl groups is 1. The summed E-state index contributed by atoms with van der Waals surface area (Å²) < 4.78 is 5.34. The topological polar surface area (TPSA) is 49.5 Å². The maximum Gasteiger partial charge on any atom is 0.123 e. The monoisotopic (exact) mass is 232 g/mol. The van der Waals surface area contributed by atoms with Gasteiger partial charge < -0.3 is 14.4 Å². The molecule has 0 unspecified atom stereocenters. The highest BCUT2D eigenvalue weighted by Gasteiger charge is 2.07. The molecule has 4 nitrogen and oxygen atoms in total. The summed E-state index contributed by atoms with van der Waals surface area (Å²) in [6.45, 7) is 3.64. The van der Waals surface area contributed by atoms with Gasteiger partial charge in [-0.05, 0) is 31.2 Å². The molecule has 2 aromatic heterocycles. The van der Waals surface area contributed by atoms with Gasteiger partial charge in [0.25, 0.3) is 0 Å². The molecule has 0 bridgehead atoms.